The van der Waals surface area contributed by atoms with Gasteiger partial charge in [0.1, 0.15) is 0 Å². The normalized spacial score (nSPS) is 10.8. The largest absolute Gasteiger partial charge is 0.372 e. The first kappa shape index (κ1) is 29.9. The van der Waals surface area contributed by atoms with E-state index in [2.05, 4.69) is 164 Å². The van der Waals surface area contributed by atoms with Crippen LogP contribution >= 0.6 is 0 Å². The molecule has 0 heterocycles. The summed E-state index contributed by atoms with van der Waals surface area (Å²) in [5.41, 5.74) is 9.32. The summed E-state index contributed by atoms with van der Waals surface area (Å²) in [6.45, 7) is 19.2. The summed E-state index contributed by atoms with van der Waals surface area (Å²) in [6.07, 6.45) is 0. The Bertz CT molecular complexity index is 1250. The van der Waals surface area contributed by atoms with Gasteiger partial charge in [0.2, 0.25) is 0 Å². The Morgan fingerprint density at radius 3 is 0.829 bits per heavy atom. The minimum absolute atomic E-state index is 0.999. The average Bonchev–Trinajstić information content (AvgIpc) is 3.02. The summed E-state index contributed by atoms with van der Waals surface area (Å²) in [5.74, 6) is 0. The van der Waals surface area contributed by atoms with Gasteiger partial charge in [-0.15, -0.1) is 0 Å². The van der Waals surface area contributed by atoms with Crippen LogP contribution in [0.4, 0.5) is 45.5 Å². The van der Waals surface area contributed by atoms with Crippen molar-refractivity contribution in [2.45, 2.75) is 41.5 Å². The second kappa shape index (κ2) is 14.5. The Kier molecular flexibility index (Phi) is 10.6. The molecule has 0 atom stereocenters. The van der Waals surface area contributed by atoms with Crippen molar-refractivity contribution in [3.63, 3.8) is 0 Å². The third-order valence-electron chi connectivity index (χ3n) is 7.88. The van der Waals surface area contributed by atoms with Crippen molar-refractivity contribution in [3.8, 4) is 0 Å². The second-order valence-electron chi connectivity index (χ2n) is 10.1. The van der Waals surface area contributed by atoms with E-state index in [0.29, 0.717) is 0 Å². The molecule has 216 valence electrons. The molecular formula is C36H47N5. The van der Waals surface area contributed by atoms with Gasteiger partial charge in [-0.05, 0) is 139 Å². The summed E-state index contributed by atoms with van der Waals surface area (Å²) in [6, 6.07) is 35.3. The molecule has 0 radical (unpaired) electrons. The first-order valence-electron chi connectivity index (χ1n) is 15.3. The molecule has 1 N–H and O–H groups in total. The molecule has 0 spiro atoms. The van der Waals surface area contributed by atoms with Gasteiger partial charge in [-0.25, -0.2) is 0 Å². The highest BCUT2D eigenvalue weighted by Gasteiger charge is 2.14. The van der Waals surface area contributed by atoms with Crippen LogP contribution in [0.3, 0.4) is 0 Å². The number of rotatable bonds is 14. The van der Waals surface area contributed by atoms with Gasteiger partial charge in [-0.3, -0.25) is 0 Å². The van der Waals surface area contributed by atoms with E-state index in [-0.39, 0.29) is 0 Å². The molecule has 4 rings (SSSR count). The van der Waals surface area contributed by atoms with E-state index in [1.165, 1.54) is 17.1 Å². The molecule has 0 aromatic heterocycles. The van der Waals surface area contributed by atoms with Gasteiger partial charge in [-0.2, -0.15) is 0 Å². The SMILES string of the molecule is CCN(CC)c1ccc(Nc2ccc(N(c3ccc(N(CC)CC)cc3)c3ccc(N(CC)CC)cc3)cc2)cc1. The monoisotopic (exact) mass is 549 g/mol. The summed E-state index contributed by atoms with van der Waals surface area (Å²) in [7, 11) is 0. The summed E-state index contributed by atoms with van der Waals surface area (Å²) in [4.78, 5) is 9.45. The highest BCUT2D eigenvalue weighted by atomic mass is 15.2. The Labute approximate surface area is 248 Å². The third kappa shape index (κ3) is 7.15. The highest BCUT2D eigenvalue weighted by molar-refractivity contribution is 5.79. The Morgan fingerprint density at radius 2 is 0.561 bits per heavy atom. The van der Waals surface area contributed by atoms with Gasteiger partial charge in [0, 0.05) is 84.8 Å². The molecule has 0 fully saturated rings. The molecular weight excluding hydrogens is 502 g/mol. The smallest absolute Gasteiger partial charge is 0.0463 e. The number of nitrogens with zero attached hydrogens (tertiary/aromatic N) is 4. The molecule has 0 unspecified atom stereocenters. The minimum atomic E-state index is 0.999. The molecule has 0 bridgehead atoms. The van der Waals surface area contributed by atoms with Crippen molar-refractivity contribution in [2.24, 2.45) is 0 Å². The van der Waals surface area contributed by atoms with Crippen LogP contribution in [-0.4, -0.2) is 39.3 Å². The van der Waals surface area contributed by atoms with Crippen molar-refractivity contribution >= 4 is 45.5 Å². The number of benzene rings is 4. The molecule has 0 saturated heterocycles. The van der Waals surface area contributed by atoms with E-state index in [1.54, 1.807) is 0 Å². The van der Waals surface area contributed by atoms with Gasteiger partial charge in [0.15, 0.2) is 0 Å². The Balaban J connectivity index is 1.62. The third-order valence-corrected chi connectivity index (χ3v) is 7.88. The van der Waals surface area contributed by atoms with E-state index >= 15 is 0 Å². The number of nitrogens with one attached hydrogen (secondary N) is 1. The highest BCUT2D eigenvalue weighted by Crippen LogP contribution is 2.37. The summed E-state index contributed by atoms with van der Waals surface area (Å²) < 4.78 is 0. The lowest BCUT2D eigenvalue weighted by molar-refractivity contribution is 0.866. The first-order valence-corrected chi connectivity index (χ1v) is 15.3. The molecule has 0 aliphatic heterocycles. The standard InChI is InChI=1S/C36H47N5/c1-7-38(8-2)31-17-13-29(14-18-31)37-30-15-19-34(20-16-30)41(35-25-21-32(22-26-35)39(9-3)10-4)36-27-23-33(24-28-36)40(11-5)12-6/h13-28,37H,7-12H2,1-6H3. The predicted molar refractivity (Wildman–Crippen MR) is 182 cm³/mol. The van der Waals surface area contributed by atoms with Crippen LogP contribution < -0.4 is 24.9 Å². The molecule has 5 heteroatoms. The van der Waals surface area contributed by atoms with Gasteiger partial charge in [0.05, 0.1) is 0 Å². The van der Waals surface area contributed by atoms with E-state index < -0.39 is 0 Å². The maximum atomic E-state index is 3.57. The van der Waals surface area contributed by atoms with E-state index in [1.807, 2.05) is 0 Å². The molecule has 0 amide bonds. The lowest BCUT2D eigenvalue weighted by Crippen LogP contribution is -2.22. The van der Waals surface area contributed by atoms with Crippen molar-refractivity contribution in [3.05, 3.63) is 97.1 Å². The lowest BCUT2D eigenvalue weighted by Gasteiger charge is -2.28. The van der Waals surface area contributed by atoms with Crippen LogP contribution in [0.25, 0.3) is 0 Å². The van der Waals surface area contributed by atoms with Crippen LogP contribution in [0.1, 0.15) is 41.5 Å². The van der Waals surface area contributed by atoms with Crippen molar-refractivity contribution in [2.75, 3.05) is 64.2 Å². The maximum Gasteiger partial charge on any atom is 0.0463 e. The van der Waals surface area contributed by atoms with Gasteiger partial charge >= 0.3 is 0 Å². The van der Waals surface area contributed by atoms with Gasteiger partial charge < -0.3 is 24.9 Å². The summed E-state index contributed by atoms with van der Waals surface area (Å²) in [5, 5.41) is 3.57. The van der Waals surface area contributed by atoms with Crippen LogP contribution in [0.5, 0.6) is 0 Å². The molecule has 41 heavy (non-hydrogen) atoms. The van der Waals surface area contributed by atoms with Gasteiger partial charge in [0.25, 0.3) is 0 Å². The topological polar surface area (TPSA) is 25.0 Å². The van der Waals surface area contributed by atoms with Gasteiger partial charge in [-0.1, -0.05) is 0 Å². The van der Waals surface area contributed by atoms with Crippen LogP contribution in [-0.2, 0) is 0 Å². The zero-order valence-electron chi connectivity index (χ0n) is 25.8. The lowest BCUT2D eigenvalue weighted by atomic mass is 10.1. The summed E-state index contributed by atoms with van der Waals surface area (Å²) >= 11 is 0. The van der Waals surface area contributed by atoms with E-state index in [0.717, 1.165) is 67.7 Å². The number of hydrogen-bond acceptors (Lipinski definition) is 5. The van der Waals surface area contributed by atoms with E-state index in [4.69, 9.17) is 0 Å². The zero-order valence-corrected chi connectivity index (χ0v) is 25.8. The van der Waals surface area contributed by atoms with Crippen LogP contribution in [0.15, 0.2) is 97.1 Å². The van der Waals surface area contributed by atoms with Crippen molar-refractivity contribution < 1.29 is 0 Å². The quantitative estimate of drug-likeness (QED) is 0.169. The average molecular weight is 550 g/mol. The fourth-order valence-electron chi connectivity index (χ4n) is 5.45. The molecule has 5 nitrogen and oxygen atoms in total. The number of hydrogen-bond donors (Lipinski definition) is 1. The van der Waals surface area contributed by atoms with E-state index in [9.17, 15) is 0 Å². The molecule has 0 aliphatic rings. The maximum absolute atomic E-state index is 3.57. The van der Waals surface area contributed by atoms with Crippen LogP contribution in [0.2, 0.25) is 0 Å². The Morgan fingerprint density at radius 1 is 0.341 bits per heavy atom. The number of anilines is 8. The van der Waals surface area contributed by atoms with Crippen LogP contribution in [0, 0.1) is 0 Å². The second-order valence-corrected chi connectivity index (χ2v) is 10.1. The minimum Gasteiger partial charge on any atom is -0.372 e. The fraction of sp³-hybridized carbons (Fsp3) is 0.333. The Hall–Kier alpha value is -4.12. The predicted octanol–water partition coefficient (Wildman–Crippen LogP) is 9.44. The molecule has 0 saturated carbocycles. The molecule has 4 aromatic rings. The van der Waals surface area contributed by atoms with Crippen molar-refractivity contribution in [1.29, 1.82) is 0 Å². The molecule has 4 aromatic carbocycles. The zero-order chi connectivity index (χ0) is 29.2. The van der Waals surface area contributed by atoms with Crippen molar-refractivity contribution in [1.82, 2.24) is 0 Å². The fourth-order valence-corrected chi connectivity index (χ4v) is 5.45. The molecule has 0 aliphatic carbocycles. The first-order chi connectivity index (χ1) is 20.0.